The first-order valence-corrected chi connectivity index (χ1v) is 5.75. The monoisotopic (exact) mass is 229 g/mol. The van der Waals surface area contributed by atoms with Crippen molar-refractivity contribution in [1.82, 2.24) is 5.32 Å². The van der Waals surface area contributed by atoms with Crippen LogP contribution in [-0.4, -0.2) is 17.4 Å². The number of carbonyl (C=O) groups is 1. The van der Waals surface area contributed by atoms with E-state index in [1.165, 1.54) is 0 Å². The molecule has 1 amide bonds. The van der Waals surface area contributed by atoms with Crippen molar-refractivity contribution in [3.8, 4) is 0 Å². The van der Waals surface area contributed by atoms with E-state index in [0.29, 0.717) is 0 Å². The minimum Gasteiger partial charge on any atom is -0.350 e. The van der Waals surface area contributed by atoms with Crippen LogP contribution in [0.4, 0.5) is 8.78 Å². The van der Waals surface area contributed by atoms with Gasteiger partial charge in [0, 0.05) is 24.3 Å². The van der Waals surface area contributed by atoms with Gasteiger partial charge in [0.2, 0.25) is 11.8 Å². The summed E-state index contributed by atoms with van der Waals surface area (Å²) in [5, 5.41) is 2.91. The van der Waals surface area contributed by atoms with E-state index in [2.05, 4.69) is 11.4 Å². The summed E-state index contributed by atoms with van der Waals surface area (Å²) in [6.45, 7) is 1.98. The molecule has 0 saturated heterocycles. The smallest absolute Gasteiger partial charge is 0.249 e. The summed E-state index contributed by atoms with van der Waals surface area (Å²) in [5.74, 6) is -3.31. The Labute approximate surface area is 94.1 Å². The Bertz CT molecular complexity index is 319. The second-order valence-electron chi connectivity index (χ2n) is 5.23. The van der Waals surface area contributed by atoms with Crippen LogP contribution in [0.15, 0.2) is 12.2 Å². The molecule has 0 spiro atoms. The van der Waals surface area contributed by atoms with Crippen LogP contribution in [0.5, 0.6) is 0 Å². The molecule has 0 heterocycles. The molecule has 4 heteroatoms. The van der Waals surface area contributed by atoms with Gasteiger partial charge in [0.15, 0.2) is 0 Å². The minimum atomic E-state index is -2.62. The highest BCUT2D eigenvalue weighted by molar-refractivity contribution is 5.80. The van der Waals surface area contributed by atoms with Gasteiger partial charge in [-0.05, 0) is 26.2 Å². The van der Waals surface area contributed by atoms with E-state index >= 15 is 0 Å². The van der Waals surface area contributed by atoms with E-state index in [1.54, 1.807) is 0 Å². The van der Waals surface area contributed by atoms with Crippen LogP contribution in [0.3, 0.4) is 0 Å². The van der Waals surface area contributed by atoms with Crippen molar-refractivity contribution in [2.45, 2.75) is 50.5 Å². The highest BCUT2D eigenvalue weighted by Gasteiger charge is 2.49. The summed E-state index contributed by atoms with van der Waals surface area (Å²) in [6, 6.07) is 0. The molecule has 1 N–H and O–H groups in total. The number of halogens is 2. The molecule has 1 fully saturated rings. The molecule has 16 heavy (non-hydrogen) atoms. The number of allylic oxidation sites excluding steroid dienone is 1. The average Bonchev–Trinajstić information content (AvgIpc) is 2.14. The van der Waals surface area contributed by atoms with Gasteiger partial charge < -0.3 is 5.32 Å². The summed E-state index contributed by atoms with van der Waals surface area (Å²) in [7, 11) is 0. The van der Waals surface area contributed by atoms with Gasteiger partial charge in [-0.3, -0.25) is 4.79 Å². The minimum absolute atomic E-state index is 0.205. The van der Waals surface area contributed by atoms with Crippen molar-refractivity contribution in [3.63, 3.8) is 0 Å². The van der Waals surface area contributed by atoms with Gasteiger partial charge in [0.05, 0.1) is 0 Å². The maximum Gasteiger partial charge on any atom is 0.249 e. The molecule has 0 radical (unpaired) electrons. The van der Waals surface area contributed by atoms with Gasteiger partial charge in [-0.1, -0.05) is 12.2 Å². The van der Waals surface area contributed by atoms with E-state index in [0.717, 1.165) is 19.3 Å². The van der Waals surface area contributed by atoms with E-state index in [4.69, 9.17) is 0 Å². The van der Waals surface area contributed by atoms with Crippen LogP contribution in [0.25, 0.3) is 0 Å². The Kier molecular flexibility index (Phi) is 2.76. The van der Waals surface area contributed by atoms with Crippen molar-refractivity contribution >= 4 is 5.91 Å². The van der Waals surface area contributed by atoms with Crippen LogP contribution in [0.1, 0.15) is 39.0 Å². The molecule has 2 aliphatic carbocycles. The topological polar surface area (TPSA) is 29.1 Å². The quantitative estimate of drug-likeness (QED) is 0.725. The lowest BCUT2D eigenvalue weighted by atomic mass is 9.79. The van der Waals surface area contributed by atoms with Gasteiger partial charge >= 0.3 is 0 Å². The lowest BCUT2D eigenvalue weighted by Crippen LogP contribution is -2.53. The summed E-state index contributed by atoms with van der Waals surface area (Å²) in [4.78, 5) is 11.7. The highest BCUT2D eigenvalue weighted by Crippen LogP contribution is 2.42. The molecule has 1 saturated carbocycles. The van der Waals surface area contributed by atoms with E-state index < -0.39 is 11.8 Å². The van der Waals surface area contributed by atoms with Gasteiger partial charge in [-0.2, -0.15) is 0 Å². The number of amides is 1. The second kappa shape index (κ2) is 3.82. The van der Waals surface area contributed by atoms with Crippen LogP contribution in [-0.2, 0) is 4.79 Å². The largest absolute Gasteiger partial charge is 0.350 e. The molecule has 1 atom stereocenters. The van der Waals surface area contributed by atoms with Crippen LogP contribution in [0, 0.1) is 5.92 Å². The molecule has 0 aromatic rings. The highest BCUT2D eigenvalue weighted by atomic mass is 19.3. The zero-order chi connectivity index (χ0) is 11.8. The fourth-order valence-electron chi connectivity index (χ4n) is 2.32. The fourth-order valence-corrected chi connectivity index (χ4v) is 2.32. The molecule has 0 bridgehead atoms. The van der Waals surface area contributed by atoms with E-state index in [1.807, 2.05) is 13.0 Å². The fraction of sp³-hybridized carbons (Fsp3) is 0.750. The van der Waals surface area contributed by atoms with Gasteiger partial charge in [-0.15, -0.1) is 0 Å². The number of alkyl halides is 2. The lowest BCUT2D eigenvalue weighted by Gasteiger charge is -2.38. The summed E-state index contributed by atoms with van der Waals surface area (Å²) >= 11 is 0. The molecule has 2 rings (SSSR count). The predicted molar refractivity (Wildman–Crippen MR) is 57.2 cm³/mol. The third kappa shape index (κ3) is 2.42. The maximum absolute atomic E-state index is 12.6. The molecule has 2 aliphatic rings. The number of rotatable bonds is 2. The van der Waals surface area contributed by atoms with Gasteiger partial charge in [-0.25, -0.2) is 8.78 Å². The Balaban J connectivity index is 1.86. The molecule has 0 aromatic carbocycles. The van der Waals surface area contributed by atoms with E-state index in [9.17, 15) is 13.6 Å². The van der Waals surface area contributed by atoms with Crippen molar-refractivity contribution in [1.29, 1.82) is 0 Å². The number of hydrogen-bond donors (Lipinski definition) is 1. The first-order valence-electron chi connectivity index (χ1n) is 5.75. The summed E-state index contributed by atoms with van der Waals surface area (Å²) in [6.07, 6.45) is 6.18. The molecular formula is C12H17F2NO. The SMILES string of the molecule is CC1(NC(=O)C2CC(F)(F)C2)CC=CCC1. The first kappa shape index (κ1) is 11.6. The molecule has 0 aliphatic heterocycles. The summed E-state index contributed by atoms with van der Waals surface area (Å²) in [5.41, 5.74) is -0.239. The predicted octanol–water partition coefficient (Wildman–Crippen LogP) is 2.65. The standard InChI is InChI=1S/C12H17F2NO/c1-11(5-3-2-4-6-11)15-10(16)9-7-12(13,14)8-9/h2-3,9H,4-8H2,1H3,(H,15,16). The zero-order valence-corrected chi connectivity index (χ0v) is 9.43. The van der Waals surface area contributed by atoms with Crippen molar-refractivity contribution < 1.29 is 13.6 Å². The second-order valence-corrected chi connectivity index (χ2v) is 5.23. The molecule has 1 unspecified atom stereocenters. The Morgan fingerprint density at radius 1 is 1.38 bits per heavy atom. The third-order valence-corrected chi connectivity index (χ3v) is 3.48. The van der Waals surface area contributed by atoms with Crippen molar-refractivity contribution in [3.05, 3.63) is 12.2 Å². The lowest BCUT2D eigenvalue weighted by molar-refractivity contribution is -0.151. The van der Waals surface area contributed by atoms with Crippen molar-refractivity contribution in [2.75, 3.05) is 0 Å². The van der Waals surface area contributed by atoms with Gasteiger partial charge in [0.25, 0.3) is 0 Å². The first-order chi connectivity index (χ1) is 7.40. The average molecular weight is 229 g/mol. The third-order valence-electron chi connectivity index (χ3n) is 3.48. The van der Waals surface area contributed by atoms with Crippen molar-refractivity contribution in [2.24, 2.45) is 5.92 Å². The maximum atomic E-state index is 12.6. The van der Waals surface area contributed by atoms with Crippen LogP contribution in [0.2, 0.25) is 0 Å². The summed E-state index contributed by atoms with van der Waals surface area (Å²) < 4.78 is 25.3. The molecule has 2 nitrogen and oxygen atoms in total. The number of hydrogen-bond acceptors (Lipinski definition) is 1. The normalized spacial score (nSPS) is 33.2. The van der Waals surface area contributed by atoms with Crippen LogP contribution >= 0.6 is 0 Å². The Hall–Kier alpha value is -0.930. The Morgan fingerprint density at radius 2 is 2.06 bits per heavy atom. The Morgan fingerprint density at radius 3 is 2.56 bits per heavy atom. The molecule has 90 valence electrons. The zero-order valence-electron chi connectivity index (χ0n) is 9.43. The number of carbonyl (C=O) groups excluding carboxylic acids is 1. The molecule has 0 aromatic heterocycles. The van der Waals surface area contributed by atoms with Gasteiger partial charge in [0.1, 0.15) is 0 Å². The van der Waals surface area contributed by atoms with E-state index in [-0.39, 0.29) is 24.3 Å². The van der Waals surface area contributed by atoms with Crippen LogP contribution < -0.4 is 5.32 Å². The molecular weight excluding hydrogens is 212 g/mol. The number of nitrogens with one attached hydrogen (secondary N) is 1.